The number of rotatable bonds is 3. The molecule has 0 unspecified atom stereocenters. The Balaban J connectivity index is 2.18. The molecule has 1 aromatic heterocycles. The Labute approximate surface area is 129 Å². The third-order valence-electron chi connectivity index (χ3n) is 3.91. The average molecular weight is 297 g/mol. The highest BCUT2D eigenvalue weighted by Gasteiger charge is 2.14. The van der Waals surface area contributed by atoms with E-state index in [1.165, 1.54) is 11.1 Å². The Hall–Kier alpha value is -2.69. The highest BCUT2D eigenvalue weighted by Crippen LogP contribution is 2.36. The molecule has 5 heteroatoms. The van der Waals surface area contributed by atoms with E-state index in [0.717, 1.165) is 22.4 Å². The number of nitrogens with one attached hydrogen (secondary N) is 1. The van der Waals surface area contributed by atoms with Crippen LogP contribution in [0.3, 0.4) is 0 Å². The Kier molecular flexibility index (Phi) is 3.41. The van der Waals surface area contributed by atoms with E-state index in [2.05, 4.69) is 35.9 Å². The first-order chi connectivity index (χ1) is 10.5. The number of nitrogens with zero attached hydrogens (tertiary/aromatic N) is 1. The number of aryl methyl sites for hydroxylation is 2. The molecule has 3 rings (SSSR count). The van der Waals surface area contributed by atoms with E-state index in [1.807, 2.05) is 6.07 Å². The summed E-state index contributed by atoms with van der Waals surface area (Å²) >= 11 is 0. The van der Waals surface area contributed by atoms with Gasteiger partial charge in [-0.25, -0.2) is 4.98 Å². The Morgan fingerprint density at radius 2 is 1.59 bits per heavy atom. The second kappa shape index (κ2) is 5.26. The summed E-state index contributed by atoms with van der Waals surface area (Å²) in [5.74, 6) is 1.95. The lowest BCUT2D eigenvalue weighted by Crippen LogP contribution is -1.96. The van der Waals surface area contributed by atoms with Crippen LogP contribution >= 0.6 is 0 Å². The molecule has 3 N–H and O–H groups in total. The number of imidazole rings is 1. The van der Waals surface area contributed by atoms with Gasteiger partial charge in [0.15, 0.2) is 11.5 Å². The van der Waals surface area contributed by atoms with E-state index in [9.17, 15) is 0 Å². The van der Waals surface area contributed by atoms with Crippen molar-refractivity contribution in [3.63, 3.8) is 0 Å². The zero-order valence-corrected chi connectivity index (χ0v) is 13.2. The molecule has 0 radical (unpaired) electrons. The molecule has 0 aliphatic heterocycles. The van der Waals surface area contributed by atoms with Crippen molar-refractivity contribution < 1.29 is 9.47 Å². The first-order valence-corrected chi connectivity index (χ1v) is 7.02. The number of ether oxygens (including phenoxy) is 2. The SMILES string of the molecule is COc1cc(N)c(-c2nc3cc(C)c(C)cc3[nH]2)cc1OC. The van der Waals surface area contributed by atoms with Crippen LogP contribution in [0.15, 0.2) is 24.3 Å². The number of benzene rings is 2. The molecule has 114 valence electrons. The monoisotopic (exact) mass is 297 g/mol. The number of anilines is 1. The largest absolute Gasteiger partial charge is 0.493 e. The third-order valence-corrected chi connectivity index (χ3v) is 3.91. The molecule has 0 aliphatic carbocycles. The van der Waals surface area contributed by atoms with Crippen LogP contribution < -0.4 is 15.2 Å². The first-order valence-electron chi connectivity index (χ1n) is 7.02. The van der Waals surface area contributed by atoms with Gasteiger partial charge >= 0.3 is 0 Å². The lowest BCUT2D eigenvalue weighted by Gasteiger charge is -2.11. The van der Waals surface area contributed by atoms with Gasteiger partial charge in [-0.2, -0.15) is 0 Å². The normalized spacial score (nSPS) is 10.9. The number of hydrogen-bond donors (Lipinski definition) is 2. The van der Waals surface area contributed by atoms with E-state index in [4.69, 9.17) is 15.2 Å². The number of fused-ring (bicyclic) bond motifs is 1. The molecule has 1 heterocycles. The number of aromatic amines is 1. The van der Waals surface area contributed by atoms with Crippen LogP contribution in [0.25, 0.3) is 22.4 Å². The number of nitrogen functional groups attached to an aromatic ring is 1. The molecular weight excluding hydrogens is 278 g/mol. The highest BCUT2D eigenvalue weighted by molar-refractivity contribution is 5.84. The van der Waals surface area contributed by atoms with Gasteiger partial charge in [0.2, 0.25) is 0 Å². The number of aromatic nitrogens is 2. The fourth-order valence-electron chi connectivity index (χ4n) is 2.50. The van der Waals surface area contributed by atoms with Crippen molar-refractivity contribution in [2.75, 3.05) is 20.0 Å². The van der Waals surface area contributed by atoms with Gasteiger partial charge in [0.05, 0.1) is 25.3 Å². The standard InChI is InChI=1S/C17H19N3O2/c1-9-5-13-14(6-10(9)2)20-17(19-13)11-7-15(21-3)16(22-4)8-12(11)18/h5-8H,18H2,1-4H3,(H,19,20). The van der Waals surface area contributed by atoms with Crippen LogP contribution in [0.1, 0.15) is 11.1 Å². The summed E-state index contributed by atoms with van der Waals surface area (Å²) < 4.78 is 10.6. The molecule has 22 heavy (non-hydrogen) atoms. The van der Waals surface area contributed by atoms with Gasteiger partial charge in [-0.15, -0.1) is 0 Å². The van der Waals surface area contributed by atoms with Gasteiger partial charge in [0.1, 0.15) is 5.82 Å². The van der Waals surface area contributed by atoms with Crippen LogP contribution in [0.5, 0.6) is 11.5 Å². The van der Waals surface area contributed by atoms with Gasteiger partial charge in [-0.1, -0.05) is 0 Å². The van der Waals surface area contributed by atoms with Crippen LogP contribution in [-0.2, 0) is 0 Å². The second-order valence-electron chi connectivity index (χ2n) is 5.33. The summed E-state index contributed by atoms with van der Waals surface area (Å²) in [6.45, 7) is 4.16. The third kappa shape index (κ3) is 2.24. The van der Waals surface area contributed by atoms with Gasteiger partial charge in [-0.3, -0.25) is 0 Å². The molecule has 0 saturated heterocycles. The van der Waals surface area contributed by atoms with E-state index in [-0.39, 0.29) is 0 Å². The van der Waals surface area contributed by atoms with E-state index in [1.54, 1.807) is 20.3 Å². The predicted molar refractivity (Wildman–Crippen MR) is 88.5 cm³/mol. The zero-order valence-electron chi connectivity index (χ0n) is 13.2. The minimum Gasteiger partial charge on any atom is -0.493 e. The van der Waals surface area contributed by atoms with Crippen molar-refractivity contribution in [2.45, 2.75) is 13.8 Å². The lowest BCUT2D eigenvalue weighted by atomic mass is 10.1. The predicted octanol–water partition coefficient (Wildman–Crippen LogP) is 3.45. The van der Waals surface area contributed by atoms with E-state index >= 15 is 0 Å². The molecule has 0 aliphatic rings. The summed E-state index contributed by atoms with van der Waals surface area (Å²) in [7, 11) is 3.19. The molecule has 2 aromatic carbocycles. The van der Waals surface area contributed by atoms with Crippen molar-refractivity contribution in [1.29, 1.82) is 0 Å². The van der Waals surface area contributed by atoms with Crippen LogP contribution in [0.2, 0.25) is 0 Å². The van der Waals surface area contributed by atoms with E-state index in [0.29, 0.717) is 17.2 Å². The minimum absolute atomic E-state index is 0.588. The van der Waals surface area contributed by atoms with Crippen molar-refractivity contribution in [1.82, 2.24) is 9.97 Å². The van der Waals surface area contributed by atoms with Gasteiger partial charge in [0.25, 0.3) is 0 Å². The number of H-pyrrole nitrogens is 1. The lowest BCUT2D eigenvalue weighted by molar-refractivity contribution is 0.355. The second-order valence-corrected chi connectivity index (χ2v) is 5.33. The van der Waals surface area contributed by atoms with Gasteiger partial charge in [0, 0.05) is 17.3 Å². The minimum atomic E-state index is 0.588. The molecule has 5 nitrogen and oxygen atoms in total. The summed E-state index contributed by atoms with van der Waals surface area (Å²) in [6, 6.07) is 7.75. The Bertz CT molecular complexity index is 814. The fraction of sp³-hybridized carbons (Fsp3) is 0.235. The van der Waals surface area contributed by atoms with Crippen molar-refractivity contribution >= 4 is 16.7 Å². The summed E-state index contributed by atoms with van der Waals surface area (Å²) in [5.41, 5.74) is 11.9. The van der Waals surface area contributed by atoms with Crippen molar-refractivity contribution in [2.24, 2.45) is 0 Å². The molecule has 0 atom stereocenters. The van der Waals surface area contributed by atoms with Gasteiger partial charge < -0.3 is 20.2 Å². The van der Waals surface area contributed by atoms with E-state index < -0.39 is 0 Å². The highest BCUT2D eigenvalue weighted by atomic mass is 16.5. The quantitative estimate of drug-likeness (QED) is 0.726. The average Bonchev–Trinajstić information content (AvgIpc) is 2.89. The van der Waals surface area contributed by atoms with Crippen molar-refractivity contribution in [3.8, 4) is 22.9 Å². The Morgan fingerprint density at radius 1 is 0.955 bits per heavy atom. The molecule has 0 spiro atoms. The maximum atomic E-state index is 6.14. The zero-order chi connectivity index (χ0) is 15.9. The van der Waals surface area contributed by atoms with Gasteiger partial charge in [-0.05, 0) is 43.2 Å². The molecule has 0 fully saturated rings. The molecular formula is C17H19N3O2. The first kappa shape index (κ1) is 14.3. The van der Waals surface area contributed by atoms with Crippen LogP contribution in [0, 0.1) is 13.8 Å². The van der Waals surface area contributed by atoms with Crippen LogP contribution in [-0.4, -0.2) is 24.2 Å². The summed E-state index contributed by atoms with van der Waals surface area (Å²) in [5, 5.41) is 0. The number of methoxy groups -OCH3 is 2. The maximum absolute atomic E-state index is 6.14. The summed E-state index contributed by atoms with van der Waals surface area (Å²) in [6.07, 6.45) is 0. The van der Waals surface area contributed by atoms with Crippen molar-refractivity contribution in [3.05, 3.63) is 35.4 Å². The fourth-order valence-corrected chi connectivity index (χ4v) is 2.50. The van der Waals surface area contributed by atoms with Crippen LogP contribution in [0.4, 0.5) is 5.69 Å². The maximum Gasteiger partial charge on any atom is 0.162 e. The molecule has 0 amide bonds. The Morgan fingerprint density at radius 3 is 2.27 bits per heavy atom. The molecule has 0 bridgehead atoms. The topological polar surface area (TPSA) is 73.2 Å². The number of hydrogen-bond acceptors (Lipinski definition) is 4. The molecule has 0 saturated carbocycles. The molecule has 3 aromatic rings. The smallest absolute Gasteiger partial charge is 0.162 e. The number of nitrogens with two attached hydrogens (primary N) is 1. The summed E-state index contributed by atoms with van der Waals surface area (Å²) in [4.78, 5) is 7.97.